The Bertz CT molecular complexity index is 1080. The third kappa shape index (κ3) is 4.77. The molecule has 6 nitrogen and oxygen atoms in total. The normalized spacial score (nSPS) is 18.0. The predicted octanol–water partition coefficient (Wildman–Crippen LogP) is 4.68. The minimum absolute atomic E-state index is 0.0114. The highest BCUT2D eigenvalue weighted by molar-refractivity contribution is 6.47. The molecule has 1 atom stereocenters. The van der Waals surface area contributed by atoms with Gasteiger partial charge in [0.25, 0.3) is 11.7 Å². The second-order valence-corrected chi connectivity index (χ2v) is 8.84. The van der Waals surface area contributed by atoms with Crippen LogP contribution in [-0.4, -0.2) is 60.9 Å². The number of aliphatic hydroxyl groups excluding tert-OH is 1. The Morgan fingerprint density at radius 3 is 2.47 bits per heavy atom. The molecule has 0 radical (unpaired) electrons. The summed E-state index contributed by atoms with van der Waals surface area (Å²) in [5.41, 5.74) is 1.71. The van der Waals surface area contributed by atoms with Crippen molar-refractivity contribution < 1.29 is 19.4 Å². The summed E-state index contributed by atoms with van der Waals surface area (Å²) in [6.45, 7) is 2.88. The van der Waals surface area contributed by atoms with Crippen molar-refractivity contribution in [2.75, 3.05) is 34.3 Å². The standard InChI is InChI=1S/C24H26Cl2N2O4/c1-14-12-16(32-4)7-9-17(14)22(29)20-21(18-8-6-15(25)13-19(18)26)28(24(31)23(20)30)11-5-10-27(2)3/h6-9,12-13,21,29H,5,10-11H2,1-4H3/b22-20+/t21-/m0/s1. The second-order valence-electron chi connectivity index (χ2n) is 8.00. The molecule has 1 saturated heterocycles. The summed E-state index contributed by atoms with van der Waals surface area (Å²) in [6.07, 6.45) is 0.656. The number of hydrogen-bond donors (Lipinski definition) is 1. The summed E-state index contributed by atoms with van der Waals surface area (Å²) in [5.74, 6) is -1.01. The van der Waals surface area contributed by atoms with Crippen LogP contribution in [0, 0.1) is 6.92 Å². The lowest BCUT2D eigenvalue weighted by Gasteiger charge is -2.26. The van der Waals surface area contributed by atoms with Gasteiger partial charge < -0.3 is 19.6 Å². The van der Waals surface area contributed by atoms with Crippen LogP contribution in [0.4, 0.5) is 0 Å². The number of Topliss-reactive ketones (excluding diaryl/α,β-unsaturated/α-hetero) is 1. The maximum Gasteiger partial charge on any atom is 0.295 e. The van der Waals surface area contributed by atoms with Crippen molar-refractivity contribution in [1.29, 1.82) is 0 Å². The van der Waals surface area contributed by atoms with Crippen LogP contribution in [0.15, 0.2) is 42.0 Å². The van der Waals surface area contributed by atoms with Gasteiger partial charge in [-0.25, -0.2) is 0 Å². The predicted molar refractivity (Wildman–Crippen MR) is 126 cm³/mol. The fourth-order valence-corrected chi connectivity index (χ4v) is 4.40. The molecule has 0 saturated carbocycles. The van der Waals surface area contributed by atoms with Gasteiger partial charge in [-0.05, 0) is 75.4 Å². The molecule has 0 unspecified atom stereocenters. The Kier molecular flexibility index (Phi) is 7.49. The van der Waals surface area contributed by atoms with E-state index in [0.717, 1.165) is 6.54 Å². The van der Waals surface area contributed by atoms with E-state index >= 15 is 0 Å². The van der Waals surface area contributed by atoms with Gasteiger partial charge in [-0.15, -0.1) is 0 Å². The zero-order chi connectivity index (χ0) is 23.6. The molecule has 0 spiro atoms. The van der Waals surface area contributed by atoms with Crippen LogP contribution in [0.5, 0.6) is 5.75 Å². The lowest BCUT2D eigenvalue weighted by Crippen LogP contribution is -2.32. The summed E-state index contributed by atoms with van der Waals surface area (Å²) in [7, 11) is 5.43. The molecule has 2 aromatic rings. The van der Waals surface area contributed by atoms with E-state index in [1.807, 2.05) is 19.0 Å². The van der Waals surface area contributed by atoms with E-state index in [9.17, 15) is 14.7 Å². The number of amides is 1. The Balaban J connectivity index is 2.16. The molecule has 1 aliphatic heterocycles. The Labute approximate surface area is 198 Å². The SMILES string of the molecule is COc1ccc(/C(O)=C2\C(=O)C(=O)N(CCCN(C)C)[C@H]2c2ccc(Cl)cc2Cl)c(C)c1. The van der Waals surface area contributed by atoms with Crippen LogP contribution in [0.25, 0.3) is 5.76 Å². The number of ketones is 1. The third-order valence-electron chi connectivity index (χ3n) is 5.49. The van der Waals surface area contributed by atoms with Crippen LogP contribution in [0.1, 0.15) is 29.2 Å². The van der Waals surface area contributed by atoms with Gasteiger partial charge in [0.05, 0.1) is 18.7 Å². The molecule has 1 heterocycles. The van der Waals surface area contributed by atoms with E-state index in [2.05, 4.69) is 0 Å². The second kappa shape index (κ2) is 9.94. The van der Waals surface area contributed by atoms with E-state index in [4.69, 9.17) is 27.9 Å². The summed E-state index contributed by atoms with van der Waals surface area (Å²) in [5, 5.41) is 12.0. The minimum Gasteiger partial charge on any atom is -0.507 e. The van der Waals surface area contributed by atoms with Gasteiger partial charge in [0, 0.05) is 22.2 Å². The molecule has 0 bridgehead atoms. The number of benzene rings is 2. The van der Waals surface area contributed by atoms with Crippen molar-refractivity contribution in [2.45, 2.75) is 19.4 Å². The molecule has 1 amide bonds. The number of aliphatic hydroxyl groups is 1. The summed E-state index contributed by atoms with van der Waals surface area (Å²) in [6, 6.07) is 9.21. The molecule has 3 rings (SSSR count). The molecule has 0 aliphatic carbocycles. The fourth-order valence-electron chi connectivity index (χ4n) is 3.89. The first-order chi connectivity index (χ1) is 15.1. The Hall–Kier alpha value is -2.54. The molecule has 32 heavy (non-hydrogen) atoms. The third-order valence-corrected chi connectivity index (χ3v) is 6.05. The number of methoxy groups -OCH3 is 1. The van der Waals surface area contributed by atoms with Gasteiger partial charge in [0.15, 0.2) is 0 Å². The van der Waals surface area contributed by atoms with E-state index < -0.39 is 17.7 Å². The molecular formula is C24H26Cl2N2O4. The first-order valence-corrected chi connectivity index (χ1v) is 10.9. The van der Waals surface area contributed by atoms with E-state index in [1.165, 1.54) is 4.90 Å². The lowest BCUT2D eigenvalue weighted by atomic mass is 9.93. The van der Waals surface area contributed by atoms with Crippen molar-refractivity contribution in [1.82, 2.24) is 9.80 Å². The zero-order valence-corrected chi connectivity index (χ0v) is 20.0. The number of likely N-dealkylation sites (tertiary alicyclic amines) is 1. The maximum absolute atomic E-state index is 13.1. The number of aryl methyl sites for hydroxylation is 1. The van der Waals surface area contributed by atoms with E-state index in [1.54, 1.807) is 50.4 Å². The Morgan fingerprint density at radius 2 is 1.88 bits per heavy atom. The first kappa shape index (κ1) is 24.1. The van der Waals surface area contributed by atoms with Crippen molar-refractivity contribution >= 4 is 40.7 Å². The van der Waals surface area contributed by atoms with Crippen molar-refractivity contribution in [3.63, 3.8) is 0 Å². The monoisotopic (exact) mass is 476 g/mol. The number of ether oxygens (including phenoxy) is 1. The van der Waals surface area contributed by atoms with Crippen molar-refractivity contribution in [3.05, 3.63) is 68.7 Å². The molecule has 0 aromatic heterocycles. The molecule has 8 heteroatoms. The molecule has 1 N–H and O–H groups in total. The maximum atomic E-state index is 13.1. The number of rotatable bonds is 7. The fraction of sp³-hybridized carbons (Fsp3) is 0.333. The molecule has 170 valence electrons. The van der Waals surface area contributed by atoms with Gasteiger partial charge in [-0.2, -0.15) is 0 Å². The molecular weight excluding hydrogens is 451 g/mol. The van der Waals surface area contributed by atoms with Gasteiger partial charge >= 0.3 is 0 Å². The van der Waals surface area contributed by atoms with E-state index in [0.29, 0.717) is 45.5 Å². The number of hydrogen-bond acceptors (Lipinski definition) is 5. The van der Waals surface area contributed by atoms with Gasteiger partial charge in [-0.3, -0.25) is 9.59 Å². The summed E-state index contributed by atoms with van der Waals surface area (Å²) < 4.78 is 5.23. The largest absolute Gasteiger partial charge is 0.507 e. The first-order valence-electron chi connectivity index (χ1n) is 10.2. The van der Waals surface area contributed by atoms with E-state index in [-0.39, 0.29) is 11.3 Å². The number of carbonyl (C=O) groups excluding carboxylic acids is 2. The molecule has 1 aliphatic rings. The van der Waals surface area contributed by atoms with Gasteiger partial charge in [-0.1, -0.05) is 29.3 Å². The highest BCUT2D eigenvalue weighted by Gasteiger charge is 2.46. The van der Waals surface area contributed by atoms with Gasteiger partial charge in [0.2, 0.25) is 0 Å². The topological polar surface area (TPSA) is 70.1 Å². The van der Waals surface area contributed by atoms with Crippen LogP contribution in [0.3, 0.4) is 0 Å². The van der Waals surface area contributed by atoms with Crippen LogP contribution >= 0.6 is 23.2 Å². The number of nitrogens with zero attached hydrogens (tertiary/aromatic N) is 2. The van der Waals surface area contributed by atoms with Gasteiger partial charge in [0.1, 0.15) is 11.5 Å². The average Bonchev–Trinajstić information content (AvgIpc) is 2.98. The average molecular weight is 477 g/mol. The summed E-state index contributed by atoms with van der Waals surface area (Å²) in [4.78, 5) is 29.6. The quantitative estimate of drug-likeness (QED) is 0.356. The van der Waals surface area contributed by atoms with Crippen LogP contribution < -0.4 is 4.74 Å². The highest BCUT2D eigenvalue weighted by Crippen LogP contribution is 2.43. The Morgan fingerprint density at radius 1 is 1.16 bits per heavy atom. The minimum atomic E-state index is -0.816. The summed E-state index contributed by atoms with van der Waals surface area (Å²) >= 11 is 12.5. The number of carbonyl (C=O) groups is 2. The van der Waals surface area contributed by atoms with Crippen molar-refractivity contribution in [3.8, 4) is 5.75 Å². The lowest BCUT2D eigenvalue weighted by molar-refractivity contribution is -0.139. The smallest absolute Gasteiger partial charge is 0.295 e. The van der Waals surface area contributed by atoms with Crippen LogP contribution in [-0.2, 0) is 9.59 Å². The number of halogens is 2. The molecule has 1 fully saturated rings. The highest BCUT2D eigenvalue weighted by atomic mass is 35.5. The zero-order valence-electron chi connectivity index (χ0n) is 18.5. The molecule has 2 aromatic carbocycles. The van der Waals surface area contributed by atoms with Crippen molar-refractivity contribution in [2.24, 2.45) is 0 Å². The van der Waals surface area contributed by atoms with Crippen LogP contribution in [0.2, 0.25) is 10.0 Å².